The Kier molecular flexibility index (Phi) is 6.53. The summed E-state index contributed by atoms with van der Waals surface area (Å²) in [5.41, 5.74) is 6.95. The number of fused-ring (bicyclic) bond motifs is 1. The van der Waals surface area contributed by atoms with Gasteiger partial charge in [-0.1, -0.05) is 49.6 Å². The van der Waals surface area contributed by atoms with Crippen molar-refractivity contribution in [1.82, 2.24) is 0 Å². The maximum absolute atomic E-state index is 10.6. The molecule has 0 spiro atoms. The van der Waals surface area contributed by atoms with Gasteiger partial charge in [-0.15, -0.1) is 0 Å². The van der Waals surface area contributed by atoms with Gasteiger partial charge in [0.1, 0.15) is 0 Å². The topological polar surface area (TPSA) is 49.3 Å². The molecule has 4 rings (SSSR count). The molecule has 0 heterocycles. The molecule has 2 aromatic carbocycles. The van der Waals surface area contributed by atoms with E-state index in [0.29, 0.717) is 6.04 Å². The summed E-state index contributed by atoms with van der Waals surface area (Å²) in [5.74, 6) is 0.0681. The van der Waals surface area contributed by atoms with E-state index in [1.807, 2.05) is 0 Å². The molecule has 154 valence electrons. The first-order valence-electron chi connectivity index (χ1n) is 11.4. The molecule has 0 amide bonds. The van der Waals surface area contributed by atoms with Crippen LogP contribution in [0.4, 0.5) is 5.69 Å². The Labute approximate surface area is 174 Å². The van der Waals surface area contributed by atoms with E-state index in [9.17, 15) is 4.79 Å². The summed E-state index contributed by atoms with van der Waals surface area (Å²) in [6.45, 7) is 0. The maximum Gasteiger partial charge on any atom is 0.303 e. The molecular weight excluding hydrogens is 358 g/mol. The summed E-state index contributed by atoms with van der Waals surface area (Å²) in [6, 6.07) is 16.4. The monoisotopic (exact) mass is 391 g/mol. The lowest BCUT2D eigenvalue weighted by Gasteiger charge is -2.22. The minimum atomic E-state index is -0.695. The second-order valence-corrected chi connectivity index (χ2v) is 8.83. The van der Waals surface area contributed by atoms with E-state index in [2.05, 4.69) is 47.8 Å². The summed E-state index contributed by atoms with van der Waals surface area (Å²) in [5, 5.41) is 12.5. The van der Waals surface area contributed by atoms with Crippen molar-refractivity contribution in [2.45, 2.75) is 82.6 Å². The maximum atomic E-state index is 10.6. The molecule has 1 atom stereocenters. The van der Waals surface area contributed by atoms with Gasteiger partial charge in [0.05, 0.1) is 6.04 Å². The third kappa shape index (κ3) is 5.20. The first-order valence-corrected chi connectivity index (χ1v) is 11.4. The van der Waals surface area contributed by atoms with Crippen molar-refractivity contribution in [2.24, 2.45) is 0 Å². The number of nitrogens with one attached hydrogen (secondary N) is 1. The van der Waals surface area contributed by atoms with Crippen LogP contribution in [0.2, 0.25) is 0 Å². The van der Waals surface area contributed by atoms with Crippen LogP contribution in [0.3, 0.4) is 0 Å². The van der Waals surface area contributed by atoms with Gasteiger partial charge >= 0.3 is 5.97 Å². The highest BCUT2D eigenvalue weighted by Crippen LogP contribution is 2.36. The third-order valence-electron chi connectivity index (χ3n) is 6.72. The molecular formula is C26H33NO2. The molecule has 1 fully saturated rings. The predicted octanol–water partition coefficient (Wildman–Crippen LogP) is 6.63. The van der Waals surface area contributed by atoms with Gasteiger partial charge in [0.2, 0.25) is 0 Å². The Bertz CT molecular complexity index is 821. The van der Waals surface area contributed by atoms with Crippen LogP contribution >= 0.6 is 0 Å². The number of hydrogen-bond acceptors (Lipinski definition) is 2. The van der Waals surface area contributed by atoms with Gasteiger partial charge in [-0.25, -0.2) is 0 Å². The Morgan fingerprint density at radius 3 is 2.52 bits per heavy atom. The van der Waals surface area contributed by atoms with Crippen molar-refractivity contribution in [1.29, 1.82) is 0 Å². The quantitative estimate of drug-likeness (QED) is 0.496. The number of benzene rings is 2. The Hall–Kier alpha value is -2.29. The van der Waals surface area contributed by atoms with Gasteiger partial charge in [-0.05, 0) is 85.3 Å². The lowest BCUT2D eigenvalue weighted by atomic mass is 9.84. The Balaban J connectivity index is 1.34. The normalized spacial score (nSPS) is 19.1. The molecule has 2 aromatic rings. The van der Waals surface area contributed by atoms with E-state index in [0.717, 1.165) is 38.0 Å². The first-order chi connectivity index (χ1) is 14.2. The molecule has 0 saturated heterocycles. The summed E-state index contributed by atoms with van der Waals surface area (Å²) in [6.07, 6.45) is 12.1. The van der Waals surface area contributed by atoms with Crippen LogP contribution in [0.1, 0.15) is 92.0 Å². The van der Waals surface area contributed by atoms with Crippen molar-refractivity contribution in [3.8, 4) is 0 Å². The zero-order valence-corrected chi connectivity index (χ0v) is 17.3. The minimum absolute atomic E-state index is 0.274. The van der Waals surface area contributed by atoms with E-state index in [4.69, 9.17) is 5.11 Å². The number of aryl methyl sites for hydroxylation is 2. The van der Waals surface area contributed by atoms with Crippen molar-refractivity contribution >= 4 is 11.7 Å². The summed E-state index contributed by atoms with van der Waals surface area (Å²) in [4.78, 5) is 10.6. The molecule has 29 heavy (non-hydrogen) atoms. The van der Waals surface area contributed by atoms with Gasteiger partial charge in [-0.2, -0.15) is 0 Å². The zero-order chi connectivity index (χ0) is 20.1. The fourth-order valence-electron chi connectivity index (χ4n) is 5.07. The molecule has 0 aromatic heterocycles. The van der Waals surface area contributed by atoms with E-state index in [1.165, 1.54) is 60.0 Å². The van der Waals surface area contributed by atoms with Crippen LogP contribution in [0.15, 0.2) is 42.5 Å². The molecule has 0 aliphatic heterocycles. The van der Waals surface area contributed by atoms with E-state index in [-0.39, 0.29) is 6.42 Å². The van der Waals surface area contributed by atoms with Gasteiger partial charge < -0.3 is 10.4 Å². The van der Waals surface area contributed by atoms with Gasteiger partial charge in [-0.3, -0.25) is 4.79 Å². The molecule has 1 saturated carbocycles. The van der Waals surface area contributed by atoms with Crippen molar-refractivity contribution in [2.75, 3.05) is 5.32 Å². The standard InChI is InChI=1S/C26H33NO2/c28-26(29)9-5-4-6-19-10-16-24-22(18-19)13-17-25(24)27-23-14-11-21(12-15-23)20-7-2-1-3-8-20/h10-12,14-16,18,20,25,27H,1-9,13,17H2,(H,28,29). The molecule has 2 aliphatic carbocycles. The zero-order valence-electron chi connectivity index (χ0n) is 17.3. The lowest BCUT2D eigenvalue weighted by Crippen LogP contribution is -2.08. The van der Waals surface area contributed by atoms with Gasteiger partial charge in [0.15, 0.2) is 0 Å². The average molecular weight is 392 g/mol. The van der Waals surface area contributed by atoms with E-state index < -0.39 is 5.97 Å². The van der Waals surface area contributed by atoms with E-state index >= 15 is 0 Å². The van der Waals surface area contributed by atoms with Crippen LogP contribution in [-0.2, 0) is 17.6 Å². The van der Waals surface area contributed by atoms with Gasteiger partial charge in [0, 0.05) is 12.1 Å². The smallest absolute Gasteiger partial charge is 0.303 e. The summed E-state index contributed by atoms with van der Waals surface area (Å²) < 4.78 is 0. The van der Waals surface area contributed by atoms with Crippen molar-refractivity contribution in [3.63, 3.8) is 0 Å². The van der Waals surface area contributed by atoms with Crippen molar-refractivity contribution in [3.05, 3.63) is 64.7 Å². The molecule has 0 radical (unpaired) electrons. The number of anilines is 1. The predicted molar refractivity (Wildman–Crippen MR) is 119 cm³/mol. The lowest BCUT2D eigenvalue weighted by molar-refractivity contribution is -0.137. The molecule has 2 aliphatic rings. The number of carboxylic acids is 1. The molecule has 2 N–H and O–H groups in total. The number of unbranched alkanes of at least 4 members (excludes halogenated alkanes) is 1. The SMILES string of the molecule is O=C(O)CCCCc1ccc2c(c1)CCC2Nc1ccc(C2CCCCC2)cc1. The first kappa shape index (κ1) is 20.0. The van der Waals surface area contributed by atoms with Crippen LogP contribution in [0.5, 0.6) is 0 Å². The average Bonchev–Trinajstić information content (AvgIpc) is 3.14. The highest BCUT2D eigenvalue weighted by Gasteiger charge is 2.22. The number of carbonyl (C=O) groups is 1. The van der Waals surface area contributed by atoms with E-state index in [1.54, 1.807) is 0 Å². The highest BCUT2D eigenvalue weighted by molar-refractivity contribution is 5.66. The van der Waals surface area contributed by atoms with Crippen molar-refractivity contribution < 1.29 is 9.90 Å². The fourth-order valence-corrected chi connectivity index (χ4v) is 5.07. The molecule has 3 heteroatoms. The van der Waals surface area contributed by atoms with Crippen LogP contribution < -0.4 is 5.32 Å². The van der Waals surface area contributed by atoms with Gasteiger partial charge in [0.25, 0.3) is 0 Å². The molecule has 0 bridgehead atoms. The number of aliphatic carboxylic acids is 1. The third-order valence-corrected chi connectivity index (χ3v) is 6.72. The second-order valence-electron chi connectivity index (χ2n) is 8.83. The number of rotatable bonds is 8. The van der Waals surface area contributed by atoms with Crippen LogP contribution in [0.25, 0.3) is 0 Å². The summed E-state index contributed by atoms with van der Waals surface area (Å²) in [7, 11) is 0. The largest absolute Gasteiger partial charge is 0.481 e. The Morgan fingerprint density at radius 1 is 0.966 bits per heavy atom. The number of carboxylic acid groups (broad SMARTS) is 1. The fraction of sp³-hybridized carbons (Fsp3) is 0.500. The second kappa shape index (κ2) is 9.47. The molecule has 1 unspecified atom stereocenters. The van der Waals surface area contributed by atoms with Crippen LogP contribution in [-0.4, -0.2) is 11.1 Å². The number of hydrogen-bond donors (Lipinski definition) is 2. The van der Waals surface area contributed by atoms with Crippen LogP contribution in [0, 0.1) is 0 Å². The minimum Gasteiger partial charge on any atom is -0.481 e. The Morgan fingerprint density at radius 2 is 1.76 bits per heavy atom. The summed E-state index contributed by atoms with van der Waals surface area (Å²) >= 11 is 0. The highest BCUT2D eigenvalue weighted by atomic mass is 16.4. The molecule has 3 nitrogen and oxygen atoms in total.